The molecule has 0 unspecified atom stereocenters. The van der Waals surface area contributed by atoms with E-state index in [1.807, 2.05) is 6.07 Å². The van der Waals surface area contributed by atoms with Crippen molar-refractivity contribution in [2.75, 3.05) is 0 Å². The topological polar surface area (TPSA) is 13.1 Å². The predicted octanol–water partition coefficient (Wildman–Crippen LogP) is 8.22. The van der Waals surface area contributed by atoms with Gasteiger partial charge in [0, 0.05) is 10.8 Å². The van der Waals surface area contributed by atoms with Crippen molar-refractivity contribution in [1.29, 1.82) is 0 Å². The molecule has 0 amide bonds. The Labute approximate surface area is 171 Å². The Morgan fingerprint density at radius 1 is 0.586 bits per heavy atom. The minimum absolute atomic E-state index is 0.100. The number of hydrogen-bond donors (Lipinski definition) is 0. The number of hydrogen-bond acceptors (Lipinski definition) is 1. The van der Waals surface area contributed by atoms with Crippen molar-refractivity contribution in [2.24, 2.45) is 0 Å². The molecule has 142 valence electrons. The summed E-state index contributed by atoms with van der Waals surface area (Å²) < 4.78 is 6.24. The third kappa shape index (κ3) is 3.13. The molecule has 4 aromatic carbocycles. The van der Waals surface area contributed by atoms with Gasteiger partial charge in [0.25, 0.3) is 0 Å². The van der Waals surface area contributed by atoms with E-state index in [0.29, 0.717) is 0 Å². The smallest absolute Gasteiger partial charge is 0.136 e. The summed E-state index contributed by atoms with van der Waals surface area (Å²) in [6.07, 6.45) is 0. The van der Waals surface area contributed by atoms with E-state index in [1.165, 1.54) is 38.6 Å². The summed E-state index contributed by atoms with van der Waals surface area (Å²) in [7, 11) is 0. The summed E-state index contributed by atoms with van der Waals surface area (Å²) in [5.74, 6) is 0. The zero-order valence-corrected chi connectivity index (χ0v) is 17.1. The van der Waals surface area contributed by atoms with Crippen LogP contribution in [0.1, 0.15) is 26.3 Å². The van der Waals surface area contributed by atoms with Crippen LogP contribution in [0.4, 0.5) is 0 Å². The molecule has 1 heterocycles. The molecule has 1 heteroatoms. The fourth-order valence-corrected chi connectivity index (χ4v) is 4.01. The first kappa shape index (κ1) is 17.8. The predicted molar refractivity (Wildman–Crippen MR) is 123 cm³/mol. The molecule has 0 radical (unpaired) electrons. The van der Waals surface area contributed by atoms with E-state index in [-0.39, 0.29) is 5.41 Å². The average Bonchev–Trinajstić information content (AvgIpc) is 3.12. The Morgan fingerprint density at radius 2 is 1.28 bits per heavy atom. The van der Waals surface area contributed by atoms with E-state index in [0.717, 1.165) is 11.2 Å². The molecule has 1 nitrogen and oxygen atoms in total. The zero-order chi connectivity index (χ0) is 20.0. The zero-order valence-electron chi connectivity index (χ0n) is 17.1. The summed E-state index contributed by atoms with van der Waals surface area (Å²) in [4.78, 5) is 0. The van der Waals surface area contributed by atoms with Crippen molar-refractivity contribution in [3.8, 4) is 22.3 Å². The van der Waals surface area contributed by atoms with E-state index in [1.54, 1.807) is 0 Å². The molecule has 0 saturated carbocycles. The molecular formula is C28H24O. The molecule has 0 aliphatic rings. The summed E-state index contributed by atoms with van der Waals surface area (Å²) in [6.45, 7) is 6.70. The van der Waals surface area contributed by atoms with Gasteiger partial charge in [-0.15, -0.1) is 0 Å². The van der Waals surface area contributed by atoms with Gasteiger partial charge in [-0.2, -0.15) is 0 Å². The van der Waals surface area contributed by atoms with Crippen LogP contribution in [0.5, 0.6) is 0 Å². The second kappa shape index (κ2) is 6.63. The van der Waals surface area contributed by atoms with Gasteiger partial charge in [-0.3, -0.25) is 0 Å². The lowest BCUT2D eigenvalue weighted by atomic mass is 9.86. The Kier molecular flexibility index (Phi) is 4.06. The highest BCUT2D eigenvalue weighted by atomic mass is 16.3. The molecule has 0 saturated heterocycles. The number of furan rings is 1. The van der Waals surface area contributed by atoms with E-state index < -0.39 is 0 Å². The van der Waals surface area contributed by atoms with Crippen molar-refractivity contribution in [3.05, 3.63) is 96.6 Å². The lowest BCUT2D eigenvalue weighted by Gasteiger charge is -2.18. The molecule has 0 fully saturated rings. The first-order valence-corrected chi connectivity index (χ1v) is 10.1. The van der Waals surface area contributed by atoms with Crippen molar-refractivity contribution in [3.63, 3.8) is 0 Å². The SMILES string of the molecule is CC(C)(C)c1ccc2c(c1)oc1cccc(-c3ccc(-c4ccccc4)cc3)c12. The van der Waals surface area contributed by atoms with E-state index in [2.05, 4.69) is 106 Å². The number of fused-ring (bicyclic) bond motifs is 3. The van der Waals surface area contributed by atoms with Crippen LogP contribution >= 0.6 is 0 Å². The van der Waals surface area contributed by atoms with Crippen LogP contribution in [0.15, 0.2) is 95.4 Å². The number of rotatable bonds is 2. The fraction of sp³-hybridized carbons (Fsp3) is 0.143. The molecule has 0 N–H and O–H groups in total. The highest BCUT2D eigenvalue weighted by molar-refractivity contribution is 6.12. The molecule has 0 spiro atoms. The summed E-state index contributed by atoms with van der Waals surface area (Å²) in [6, 6.07) is 32.3. The second-order valence-corrected chi connectivity index (χ2v) is 8.69. The molecule has 1 aromatic heterocycles. The third-order valence-electron chi connectivity index (χ3n) is 5.67. The maximum atomic E-state index is 6.24. The van der Waals surface area contributed by atoms with Gasteiger partial charge in [-0.05, 0) is 45.4 Å². The molecule has 0 bridgehead atoms. The van der Waals surface area contributed by atoms with Crippen LogP contribution in [0, 0.1) is 0 Å². The molecule has 0 aliphatic carbocycles. The highest BCUT2D eigenvalue weighted by Gasteiger charge is 2.17. The van der Waals surface area contributed by atoms with Crippen LogP contribution in [0.3, 0.4) is 0 Å². The van der Waals surface area contributed by atoms with E-state index >= 15 is 0 Å². The minimum Gasteiger partial charge on any atom is -0.456 e. The van der Waals surface area contributed by atoms with Gasteiger partial charge in [-0.1, -0.05) is 99.6 Å². The van der Waals surface area contributed by atoms with Crippen molar-refractivity contribution in [2.45, 2.75) is 26.2 Å². The summed E-state index contributed by atoms with van der Waals surface area (Å²) >= 11 is 0. The first-order valence-electron chi connectivity index (χ1n) is 10.1. The molecule has 29 heavy (non-hydrogen) atoms. The molecular weight excluding hydrogens is 352 g/mol. The third-order valence-corrected chi connectivity index (χ3v) is 5.67. The molecule has 0 aliphatic heterocycles. The highest BCUT2D eigenvalue weighted by Crippen LogP contribution is 2.38. The van der Waals surface area contributed by atoms with Crippen molar-refractivity contribution in [1.82, 2.24) is 0 Å². The maximum absolute atomic E-state index is 6.24. The van der Waals surface area contributed by atoms with Gasteiger partial charge in [0.2, 0.25) is 0 Å². The van der Waals surface area contributed by atoms with Crippen molar-refractivity contribution < 1.29 is 4.42 Å². The van der Waals surface area contributed by atoms with Crippen LogP contribution < -0.4 is 0 Å². The first-order chi connectivity index (χ1) is 14.0. The molecule has 5 aromatic rings. The number of benzene rings is 4. The Balaban J connectivity index is 1.65. The summed E-state index contributed by atoms with van der Waals surface area (Å²) in [5, 5.41) is 2.37. The Morgan fingerprint density at radius 3 is 2.00 bits per heavy atom. The van der Waals surface area contributed by atoms with Gasteiger partial charge < -0.3 is 4.42 Å². The normalized spacial score (nSPS) is 12.0. The van der Waals surface area contributed by atoms with Gasteiger partial charge in [-0.25, -0.2) is 0 Å². The van der Waals surface area contributed by atoms with E-state index in [9.17, 15) is 0 Å². The lowest BCUT2D eigenvalue weighted by molar-refractivity contribution is 0.587. The van der Waals surface area contributed by atoms with Gasteiger partial charge >= 0.3 is 0 Å². The van der Waals surface area contributed by atoms with Gasteiger partial charge in [0.05, 0.1) is 0 Å². The van der Waals surface area contributed by atoms with Crippen LogP contribution in [-0.4, -0.2) is 0 Å². The fourth-order valence-electron chi connectivity index (χ4n) is 4.01. The Hall–Kier alpha value is -3.32. The largest absolute Gasteiger partial charge is 0.456 e. The second-order valence-electron chi connectivity index (χ2n) is 8.69. The lowest BCUT2D eigenvalue weighted by Crippen LogP contribution is -2.10. The Bertz CT molecular complexity index is 1300. The summed E-state index contributed by atoms with van der Waals surface area (Å²) in [5.41, 5.74) is 8.18. The van der Waals surface area contributed by atoms with Crippen LogP contribution in [0.25, 0.3) is 44.2 Å². The van der Waals surface area contributed by atoms with E-state index in [4.69, 9.17) is 4.42 Å². The van der Waals surface area contributed by atoms with Gasteiger partial charge in [0.1, 0.15) is 11.2 Å². The van der Waals surface area contributed by atoms with Crippen LogP contribution in [-0.2, 0) is 5.41 Å². The monoisotopic (exact) mass is 376 g/mol. The van der Waals surface area contributed by atoms with Gasteiger partial charge in [0.15, 0.2) is 0 Å². The quantitative estimate of drug-likeness (QED) is 0.302. The maximum Gasteiger partial charge on any atom is 0.136 e. The van der Waals surface area contributed by atoms with Crippen molar-refractivity contribution >= 4 is 21.9 Å². The van der Waals surface area contributed by atoms with Crippen LogP contribution in [0.2, 0.25) is 0 Å². The minimum atomic E-state index is 0.100. The average molecular weight is 376 g/mol. The molecule has 0 atom stereocenters. The standard InChI is InChI=1S/C28H24O/c1-28(2,3)22-16-17-24-26(18-22)29-25-11-7-10-23(27(24)25)21-14-12-20(13-15-21)19-8-5-4-6-9-19/h4-18H,1-3H3. The molecule has 5 rings (SSSR count).